The van der Waals surface area contributed by atoms with Gasteiger partial charge in [0.1, 0.15) is 0 Å². The molecule has 0 radical (unpaired) electrons. The summed E-state index contributed by atoms with van der Waals surface area (Å²) in [7, 11) is 0. The zero-order chi connectivity index (χ0) is 0. The Kier molecular flexibility index (Phi) is 579. The molecule has 0 saturated carbocycles. The summed E-state index contributed by atoms with van der Waals surface area (Å²) in [4.78, 5) is 0. The van der Waals surface area contributed by atoms with Gasteiger partial charge in [-0.2, -0.15) is 0 Å². The summed E-state index contributed by atoms with van der Waals surface area (Å²) in [6.45, 7) is 0. The molecular formula is C2H10Fe2Mg. The minimum absolute atomic E-state index is 0. The van der Waals surface area contributed by atoms with E-state index in [4.69, 9.17) is 0 Å². The average molecular weight is 170 g/mol. The Morgan fingerprint density at radius 1 is 0.600 bits per heavy atom. The Morgan fingerprint density at radius 3 is 0.600 bits per heavy atom. The van der Waals surface area contributed by atoms with Crippen LogP contribution in [0.1, 0.15) is 14.9 Å². The SMILES string of the molecule is C.C.[Fe].[Fe].[MgH2]. The third kappa shape index (κ3) is 25.8. The molecule has 0 aliphatic rings. The van der Waals surface area contributed by atoms with Crippen LogP contribution in [0.5, 0.6) is 0 Å². The van der Waals surface area contributed by atoms with Gasteiger partial charge in [0.15, 0.2) is 0 Å². The predicted octanol–water partition coefficient (Wildman–Crippen LogP) is 0.351. The molecule has 3 heteroatoms. The fourth-order valence-electron chi connectivity index (χ4n) is 0. The van der Waals surface area contributed by atoms with E-state index >= 15 is 0 Å². The summed E-state index contributed by atoms with van der Waals surface area (Å²) in [6.07, 6.45) is 0. The molecule has 0 bridgehead atoms. The fraction of sp³-hybridized carbons (Fsp3) is 1.00. The molecular weight excluding hydrogens is 160 g/mol. The maximum absolute atomic E-state index is 0. The van der Waals surface area contributed by atoms with E-state index in [1.807, 2.05) is 0 Å². The van der Waals surface area contributed by atoms with Crippen molar-refractivity contribution in [3.8, 4) is 0 Å². The molecule has 0 aliphatic carbocycles. The van der Waals surface area contributed by atoms with Crippen molar-refractivity contribution in [3.63, 3.8) is 0 Å². The Hall–Kier alpha value is 1.81. The molecule has 0 aromatic heterocycles. The van der Waals surface area contributed by atoms with Gasteiger partial charge >= 0.3 is 23.1 Å². The van der Waals surface area contributed by atoms with E-state index in [0.29, 0.717) is 0 Å². The molecule has 0 atom stereocenters. The second-order valence-corrected chi connectivity index (χ2v) is 0. The summed E-state index contributed by atoms with van der Waals surface area (Å²) >= 11 is 0. The first-order valence-corrected chi connectivity index (χ1v) is 0. The van der Waals surface area contributed by atoms with E-state index in [-0.39, 0.29) is 72.0 Å². The first-order chi connectivity index (χ1) is 0. The van der Waals surface area contributed by atoms with Gasteiger partial charge in [-0.3, -0.25) is 0 Å². The van der Waals surface area contributed by atoms with Gasteiger partial charge in [0.25, 0.3) is 0 Å². The van der Waals surface area contributed by atoms with Gasteiger partial charge in [-0.1, -0.05) is 14.9 Å². The summed E-state index contributed by atoms with van der Waals surface area (Å²) in [5.41, 5.74) is 0. The summed E-state index contributed by atoms with van der Waals surface area (Å²) in [6, 6.07) is 0. The van der Waals surface area contributed by atoms with Gasteiger partial charge in [0.2, 0.25) is 0 Å². The Bertz CT molecular complexity index is 7.61. The van der Waals surface area contributed by atoms with E-state index in [1.54, 1.807) is 0 Å². The van der Waals surface area contributed by atoms with Crippen molar-refractivity contribution in [1.82, 2.24) is 0 Å². The monoisotopic (exact) mass is 170 g/mol. The average Bonchev–Trinajstić information content (AvgIpc) is 0. The molecule has 5 heavy (non-hydrogen) atoms. The quantitative estimate of drug-likeness (QED) is 0.460. The summed E-state index contributed by atoms with van der Waals surface area (Å²) < 4.78 is 0. The zero-order valence-corrected chi connectivity index (χ0v) is 2.92. The maximum atomic E-state index is 0. The number of hydrogen-bond acceptors (Lipinski definition) is 0. The first-order valence-electron chi connectivity index (χ1n) is 0. The fourth-order valence-corrected chi connectivity index (χ4v) is 0. The number of hydrogen-bond donors (Lipinski definition) is 0. The molecule has 0 nitrogen and oxygen atoms in total. The van der Waals surface area contributed by atoms with Crippen molar-refractivity contribution in [2.24, 2.45) is 0 Å². The second kappa shape index (κ2) is 41.1. The van der Waals surface area contributed by atoms with E-state index in [1.165, 1.54) is 0 Å². The van der Waals surface area contributed by atoms with Crippen LogP contribution >= 0.6 is 0 Å². The zero-order valence-electron chi connectivity index (χ0n) is 0.707. The van der Waals surface area contributed by atoms with Crippen molar-refractivity contribution in [2.75, 3.05) is 0 Å². The van der Waals surface area contributed by atoms with Crippen LogP contribution in [-0.4, -0.2) is 23.1 Å². The van der Waals surface area contributed by atoms with E-state index < -0.39 is 0 Å². The minimum atomic E-state index is 0. The van der Waals surface area contributed by atoms with Gasteiger partial charge in [-0.25, -0.2) is 0 Å². The topological polar surface area (TPSA) is 0 Å². The minimum Gasteiger partial charge on any atom is -0.0776 e. The van der Waals surface area contributed by atoms with Crippen LogP contribution in [0, 0.1) is 0 Å². The molecule has 0 amide bonds. The smallest absolute Gasteiger partial charge is 0.0776 e. The van der Waals surface area contributed by atoms with Crippen molar-refractivity contribution in [2.45, 2.75) is 14.9 Å². The van der Waals surface area contributed by atoms with Gasteiger partial charge in [0.05, 0.1) is 0 Å². The maximum Gasteiger partial charge on any atom is 0.316 e. The van der Waals surface area contributed by atoms with Crippen molar-refractivity contribution >= 4 is 23.1 Å². The largest absolute Gasteiger partial charge is 0.316 e. The van der Waals surface area contributed by atoms with Crippen LogP contribution in [0.4, 0.5) is 0 Å². The Morgan fingerprint density at radius 2 is 0.600 bits per heavy atom. The van der Waals surface area contributed by atoms with Crippen LogP contribution in [-0.2, 0) is 34.1 Å². The van der Waals surface area contributed by atoms with Crippen molar-refractivity contribution in [3.05, 3.63) is 0 Å². The van der Waals surface area contributed by atoms with E-state index in [0.717, 1.165) is 0 Å². The molecule has 36 valence electrons. The molecule has 0 aromatic rings. The number of rotatable bonds is 0. The molecule has 0 aromatic carbocycles. The summed E-state index contributed by atoms with van der Waals surface area (Å²) in [5.74, 6) is 0. The normalized spacial score (nSPS) is 0. The van der Waals surface area contributed by atoms with Crippen LogP contribution in [0.25, 0.3) is 0 Å². The third-order valence-electron chi connectivity index (χ3n) is 0. The van der Waals surface area contributed by atoms with Gasteiger partial charge in [-0.15, -0.1) is 0 Å². The standard InChI is InChI=1S/2CH4.2Fe.Mg.2H/h2*1H4;;;;;. The van der Waals surface area contributed by atoms with Crippen molar-refractivity contribution < 1.29 is 34.1 Å². The van der Waals surface area contributed by atoms with Gasteiger partial charge in [-0.05, 0) is 0 Å². The Balaban J connectivity index is 0. The third-order valence-corrected chi connectivity index (χ3v) is 0. The summed E-state index contributed by atoms with van der Waals surface area (Å²) in [5, 5.41) is 0. The Labute approximate surface area is 71.6 Å². The second-order valence-electron chi connectivity index (χ2n) is 0. The van der Waals surface area contributed by atoms with Crippen LogP contribution < -0.4 is 0 Å². The molecule has 0 spiro atoms. The van der Waals surface area contributed by atoms with E-state index in [9.17, 15) is 0 Å². The van der Waals surface area contributed by atoms with Crippen molar-refractivity contribution in [1.29, 1.82) is 0 Å². The molecule has 0 N–H and O–H groups in total. The van der Waals surface area contributed by atoms with Crippen LogP contribution in [0.3, 0.4) is 0 Å². The van der Waals surface area contributed by atoms with E-state index in [2.05, 4.69) is 0 Å². The van der Waals surface area contributed by atoms with Gasteiger partial charge < -0.3 is 0 Å². The van der Waals surface area contributed by atoms with Crippen LogP contribution in [0.2, 0.25) is 0 Å². The van der Waals surface area contributed by atoms with Gasteiger partial charge in [0, 0.05) is 34.1 Å². The first kappa shape index (κ1) is 70.4. The molecule has 0 saturated heterocycles. The molecule has 0 unspecified atom stereocenters. The molecule has 0 aliphatic heterocycles. The molecule has 0 heterocycles. The van der Waals surface area contributed by atoms with Crippen LogP contribution in [0.15, 0.2) is 0 Å². The molecule has 0 rings (SSSR count). The molecule has 0 fully saturated rings. The predicted molar refractivity (Wildman–Crippen MR) is 22.0 cm³/mol.